The molecule has 4 N–H and O–H groups in total. The molecule has 1 atom stereocenters. The van der Waals surface area contributed by atoms with Gasteiger partial charge in [0.05, 0.1) is 6.04 Å². The number of rotatable bonds is 7. The van der Waals surface area contributed by atoms with E-state index >= 15 is 0 Å². The molecule has 1 saturated heterocycles. The van der Waals surface area contributed by atoms with Crippen LogP contribution in [0.15, 0.2) is 48.5 Å². The van der Waals surface area contributed by atoms with Crippen LogP contribution < -0.4 is 20.1 Å². The van der Waals surface area contributed by atoms with E-state index in [0.717, 1.165) is 49.5 Å². The molecule has 35 heavy (non-hydrogen) atoms. The highest BCUT2D eigenvalue weighted by Gasteiger charge is 2.23. The maximum Gasteiger partial charge on any atom is 0.414 e. The number of fused-ring (bicyclic) bond motifs is 1. The third-order valence-electron chi connectivity index (χ3n) is 5.80. The Bertz CT molecular complexity index is 995. The molecule has 2 aliphatic rings. The van der Waals surface area contributed by atoms with Crippen LogP contribution in [0.3, 0.4) is 0 Å². The SMILES string of the molecule is CC(NC1CCN(Cc2ccccc2)CC1)C(=O)NCc1ccc2c(c1)OCO2.O=C(O)C(=O)O. The number of hydrogen-bond acceptors (Lipinski definition) is 7. The van der Waals surface area contributed by atoms with Crippen LogP contribution in [0.2, 0.25) is 0 Å². The van der Waals surface area contributed by atoms with E-state index in [-0.39, 0.29) is 18.7 Å². The Morgan fingerprint density at radius 2 is 1.63 bits per heavy atom. The van der Waals surface area contributed by atoms with Gasteiger partial charge in [-0.05, 0) is 56.1 Å². The van der Waals surface area contributed by atoms with Crippen LogP contribution in [0.4, 0.5) is 0 Å². The maximum absolute atomic E-state index is 12.5. The van der Waals surface area contributed by atoms with Crippen LogP contribution in [0, 0.1) is 0 Å². The molecular weight excluding hydrogens is 454 g/mol. The monoisotopic (exact) mass is 485 g/mol. The van der Waals surface area contributed by atoms with Gasteiger partial charge in [0.15, 0.2) is 11.5 Å². The molecule has 0 bridgehead atoms. The van der Waals surface area contributed by atoms with Crippen molar-refractivity contribution in [1.82, 2.24) is 15.5 Å². The van der Waals surface area contributed by atoms with Crippen molar-refractivity contribution in [3.63, 3.8) is 0 Å². The van der Waals surface area contributed by atoms with E-state index in [1.807, 2.05) is 25.1 Å². The van der Waals surface area contributed by atoms with Crippen molar-refractivity contribution in [3.05, 3.63) is 59.7 Å². The number of likely N-dealkylation sites (tertiary alicyclic amines) is 1. The molecule has 0 spiro atoms. The van der Waals surface area contributed by atoms with Crippen LogP contribution in [0.25, 0.3) is 0 Å². The summed E-state index contributed by atoms with van der Waals surface area (Å²) in [6, 6.07) is 16.5. The molecule has 0 saturated carbocycles. The fourth-order valence-electron chi connectivity index (χ4n) is 3.92. The topological polar surface area (TPSA) is 137 Å². The first-order chi connectivity index (χ1) is 16.8. The minimum absolute atomic E-state index is 0.0226. The van der Waals surface area contributed by atoms with Gasteiger partial charge in [-0.15, -0.1) is 0 Å². The normalized spacial score (nSPS) is 16.0. The third-order valence-corrected chi connectivity index (χ3v) is 5.80. The molecule has 2 aromatic rings. The highest BCUT2D eigenvalue weighted by Crippen LogP contribution is 2.32. The number of hydrogen-bond donors (Lipinski definition) is 4. The summed E-state index contributed by atoms with van der Waals surface area (Å²) in [5.74, 6) is -2.13. The van der Waals surface area contributed by atoms with Gasteiger partial charge < -0.3 is 30.3 Å². The average molecular weight is 486 g/mol. The van der Waals surface area contributed by atoms with E-state index in [4.69, 9.17) is 29.3 Å². The van der Waals surface area contributed by atoms with Gasteiger partial charge in [0.25, 0.3) is 0 Å². The number of benzene rings is 2. The zero-order chi connectivity index (χ0) is 25.2. The number of aliphatic carboxylic acids is 2. The Balaban J connectivity index is 0.000000509. The van der Waals surface area contributed by atoms with Gasteiger partial charge in [0, 0.05) is 19.1 Å². The molecule has 188 valence electrons. The first-order valence-corrected chi connectivity index (χ1v) is 11.5. The van der Waals surface area contributed by atoms with Crippen molar-refractivity contribution in [2.24, 2.45) is 0 Å². The number of carboxylic acids is 2. The van der Waals surface area contributed by atoms with Gasteiger partial charge in [-0.2, -0.15) is 0 Å². The predicted octanol–water partition coefficient (Wildman–Crippen LogP) is 1.83. The number of piperidine rings is 1. The zero-order valence-corrected chi connectivity index (χ0v) is 19.6. The standard InChI is InChI=1S/C23H29N3O3.C2H2O4/c1-17(23(27)24-14-19-7-8-21-22(13-19)29-16-28-21)25-20-9-11-26(12-10-20)15-18-5-3-2-4-6-18;3-1(4)2(5)6/h2-8,13,17,20,25H,9-12,14-16H2,1H3,(H,24,27);(H,3,4)(H,5,6). The Labute approximate surface area is 203 Å². The van der Waals surface area contributed by atoms with Crippen LogP contribution in [-0.4, -0.2) is 64.9 Å². The molecule has 0 radical (unpaired) electrons. The summed E-state index contributed by atoms with van der Waals surface area (Å²) < 4.78 is 10.7. The second-order valence-electron chi connectivity index (χ2n) is 8.44. The predicted molar refractivity (Wildman–Crippen MR) is 127 cm³/mol. The summed E-state index contributed by atoms with van der Waals surface area (Å²) in [7, 11) is 0. The summed E-state index contributed by atoms with van der Waals surface area (Å²) in [6.45, 7) is 5.79. The van der Waals surface area contributed by atoms with Crippen molar-refractivity contribution in [2.75, 3.05) is 19.9 Å². The van der Waals surface area contributed by atoms with Gasteiger partial charge in [0.2, 0.25) is 12.7 Å². The number of carbonyl (C=O) groups excluding carboxylic acids is 1. The number of ether oxygens (including phenoxy) is 2. The molecule has 0 aliphatic carbocycles. The first kappa shape index (κ1) is 26.0. The Morgan fingerprint density at radius 1 is 0.971 bits per heavy atom. The van der Waals surface area contributed by atoms with Crippen LogP contribution in [-0.2, 0) is 27.5 Å². The molecular formula is C25H31N3O7. The third kappa shape index (κ3) is 8.27. The van der Waals surface area contributed by atoms with Gasteiger partial charge in [-0.25, -0.2) is 9.59 Å². The van der Waals surface area contributed by atoms with Crippen molar-refractivity contribution in [1.29, 1.82) is 0 Å². The van der Waals surface area contributed by atoms with Crippen LogP contribution in [0.5, 0.6) is 11.5 Å². The number of carboxylic acid groups (broad SMARTS) is 2. The largest absolute Gasteiger partial charge is 0.473 e. The molecule has 10 nitrogen and oxygen atoms in total. The minimum Gasteiger partial charge on any atom is -0.473 e. The molecule has 4 rings (SSSR count). The van der Waals surface area contributed by atoms with Gasteiger partial charge in [-0.1, -0.05) is 36.4 Å². The van der Waals surface area contributed by atoms with Crippen molar-refractivity contribution in [3.8, 4) is 11.5 Å². The Hall–Kier alpha value is -3.63. The summed E-state index contributed by atoms with van der Waals surface area (Å²) in [6.07, 6.45) is 2.12. The second-order valence-corrected chi connectivity index (χ2v) is 8.44. The first-order valence-electron chi connectivity index (χ1n) is 11.5. The molecule has 10 heteroatoms. The van der Waals surface area contributed by atoms with E-state index in [0.29, 0.717) is 12.6 Å². The highest BCUT2D eigenvalue weighted by molar-refractivity contribution is 6.27. The number of nitrogens with zero attached hydrogens (tertiary/aromatic N) is 1. The summed E-state index contributed by atoms with van der Waals surface area (Å²) in [5, 5.41) is 21.3. The maximum atomic E-state index is 12.5. The van der Waals surface area contributed by atoms with Crippen LogP contribution >= 0.6 is 0 Å². The van der Waals surface area contributed by atoms with Gasteiger partial charge >= 0.3 is 11.9 Å². The van der Waals surface area contributed by atoms with E-state index in [9.17, 15) is 4.79 Å². The average Bonchev–Trinajstić information content (AvgIpc) is 3.32. The van der Waals surface area contributed by atoms with Crippen LogP contribution in [0.1, 0.15) is 30.9 Å². The fourth-order valence-corrected chi connectivity index (χ4v) is 3.92. The van der Waals surface area contributed by atoms with E-state index in [1.165, 1.54) is 5.56 Å². The lowest BCUT2D eigenvalue weighted by Crippen LogP contribution is -2.50. The quantitative estimate of drug-likeness (QED) is 0.433. The van der Waals surface area contributed by atoms with Gasteiger partial charge in [-0.3, -0.25) is 9.69 Å². The van der Waals surface area contributed by atoms with E-state index in [1.54, 1.807) is 0 Å². The Kier molecular flexibility index (Phi) is 9.45. The lowest BCUT2D eigenvalue weighted by molar-refractivity contribution is -0.159. The highest BCUT2D eigenvalue weighted by atomic mass is 16.7. The summed E-state index contributed by atoms with van der Waals surface area (Å²) >= 11 is 0. The smallest absolute Gasteiger partial charge is 0.414 e. The fraction of sp³-hybridized carbons (Fsp3) is 0.400. The molecule has 1 amide bonds. The molecule has 2 aliphatic heterocycles. The molecule has 2 aromatic carbocycles. The minimum atomic E-state index is -1.82. The second kappa shape index (κ2) is 12.7. The van der Waals surface area contributed by atoms with Crippen molar-refractivity contribution < 1.29 is 34.1 Å². The zero-order valence-electron chi connectivity index (χ0n) is 19.6. The Morgan fingerprint density at radius 3 is 2.29 bits per heavy atom. The van der Waals surface area contributed by atoms with Crippen molar-refractivity contribution in [2.45, 2.75) is 44.9 Å². The summed E-state index contributed by atoms with van der Waals surface area (Å²) in [5.41, 5.74) is 2.36. The molecule has 1 fully saturated rings. The van der Waals surface area contributed by atoms with Gasteiger partial charge in [0.1, 0.15) is 0 Å². The van der Waals surface area contributed by atoms with Crippen molar-refractivity contribution >= 4 is 17.8 Å². The van der Waals surface area contributed by atoms with E-state index < -0.39 is 11.9 Å². The lowest BCUT2D eigenvalue weighted by atomic mass is 10.0. The summed E-state index contributed by atoms with van der Waals surface area (Å²) in [4.78, 5) is 33.2. The molecule has 0 aromatic heterocycles. The number of carbonyl (C=O) groups is 3. The molecule has 2 heterocycles. The number of amides is 1. The number of nitrogens with one attached hydrogen (secondary N) is 2. The molecule has 1 unspecified atom stereocenters. The van der Waals surface area contributed by atoms with E-state index in [2.05, 4.69) is 45.9 Å². The lowest BCUT2D eigenvalue weighted by Gasteiger charge is -2.33.